The van der Waals surface area contributed by atoms with Gasteiger partial charge in [-0.05, 0) is 48.6 Å². The number of hydrogen-bond donors (Lipinski definition) is 0. The number of methoxy groups -OCH3 is 2. The second kappa shape index (κ2) is 6.31. The average molecular weight is 327 g/mol. The van der Waals surface area contributed by atoms with Crippen LogP contribution in [0.3, 0.4) is 0 Å². The van der Waals surface area contributed by atoms with Crippen LogP contribution >= 0.6 is 0 Å². The molecule has 2 aromatic rings. The maximum absolute atomic E-state index is 12.1. The summed E-state index contributed by atoms with van der Waals surface area (Å²) in [6, 6.07) is 8.20. The van der Waals surface area contributed by atoms with E-state index < -0.39 is 10.9 Å². The minimum absolute atomic E-state index is 0.144. The molecule has 0 aliphatic heterocycles. The number of nitro groups is 1. The summed E-state index contributed by atoms with van der Waals surface area (Å²) in [6.45, 7) is 0. The van der Waals surface area contributed by atoms with Crippen LogP contribution in [-0.4, -0.2) is 25.1 Å². The number of nitro benzene ring substituents is 1. The van der Waals surface area contributed by atoms with Gasteiger partial charge in [0.15, 0.2) is 0 Å². The molecular formula is C18H17NO5. The van der Waals surface area contributed by atoms with E-state index in [2.05, 4.69) is 0 Å². The first-order chi connectivity index (χ1) is 11.6. The number of carbonyl (C=O) groups excluding carboxylic acids is 1. The first-order valence-corrected chi connectivity index (χ1v) is 7.62. The Bertz CT molecular complexity index is 828. The molecule has 3 rings (SSSR count). The van der Waals surface area contributed by atoms with E-state index in [4.69, 9.17) is 9.47 Å². The van der Waals surface area contributed by atoms with Gasteiger partial charge in [0.25, 0.3) is 5.69 Å². The minimum Gasteiger partial charge on any atom is -0.496 e. The van der Waals surface area contributed by atoms with Crippen molar-refractivity contribution in [3.63, 3.8) is 0 Å². The normalized spacial score (nSPS) is 12.6. The second-order valence-electron chi connectivity index (χ2n) is 5.62. The summed E-state index contributed by atoms with van der Waals surface area (Å²) in [5.74, 6) is -0.0913. The predicted molar refractivity (Wildman–Crippen MR) is 88.4 cm³/mol. The van der Waals surface area contributed by atoms with Crippen LogP contribution in [0.15, 0.2) is 30.3 Å². The molecule has 6 heteroatoms. The summed E-state index contributed by atoms with van der Waals surface area (Å²) >= 11 is 0. The fourth-order valence-corrected chi connectivity index (χ4v) is 3.22. The number of aryl methyl sites for hydroxylation is 2. The first-order valence-electron chi connectivity index (χ1n) is 7.62. The molecule has 0 amide bonds. The molecule has 124 valence electrons. The standard InChI is InChI=1S/C18H17NO5/c1-23-16-10-12-6-3-5-11(12)9-14(16)17-13(18(20)24-2)7-4-8-15(17)19(21)22/h4,7-10H,3,5-6H2,1-2H3. The molecule has 0 unspecified atom stereocenters. The molecule has 1 aliphatic rings. The van der Waals surface area contributed by atoms with Crippen LogP contribution in [0.5, 0.6) is 5.75 Å². The lowest BCUT2D eigenvalue weighted by molar-refractivity contribution is -0.384. The van der Waals surface area contributed by atoms with Crippen LogP contribution in [0.4, 0.5) is 5.69 Å². The van der Waals surface area contributed by atoms with Crippen LogP contribution < -0.4 is 4.74 Å². The fourth-order valence-electron chi connectivity index (χ4n) is 3.22. The van der Waals surface area contributed by atoms with E-state index in [9.17, 15) is 14.9 Å². The van der Waals surface area contributed by atoms with Gasteiger partial charge in [-0.15, -0.1) is 0 Å². The highest BCUT2D eigenvalue weighted by Crippen LogP contribution is 2.42. The Morgan fingerprint density at radius 2 is 1.88 bits per heavy atom. The quantitative estimate of drug-likeness (QED) is 0.487. The molecular weight excluding hydrogens is 310 g/mol. The highest BCUT2D eigenvalue weighted by molar-refractivity contribution is 6.01. The van der Waals surface area contributed by atoms with E-state index in [1.807, 2.05) is 12.1 Å². The lowest BCUT2D eigenvalue weighted by Gasteiger charge is -2.14. The van der Waals surface area contributed by atoms with Crippen molar-refractivity contribution in [2.24, 2.45) is 0 Å². The topological polar surface area (TPSA) is 78.7 Å². The Kier molecular flexibility index (Phi) is 4.20. The third-order valence-corrected chi connectivity index (χ3v) is 4.33. The predicted octanol–water partition coefficient (Wildman–Crippen LogP) is 3.55. The van der Waals surface area contributed by atoms with Gasteiger partial charge in [0.1, 0.15) is 5.75 Å². The average Bonchev–Trinajstić information content (AvgIpc) is 3.06. The van der Waals surface area contributed by atoms with E-state index in [1.54, 1.807) is 0 Å². The van der Waals surface area contributed by atoms with Crippen molar-refractivity contribution in [2.45, 2.75) is 19.3 Å². The lowest BCUT2D eigenvalue weighted by Crippen LogP contribution is -2.07. The van der Waals surface area contributed by atoms with Crippen LogP contribution in [0.1, 0.15) is 27.9 Å². The van der Waals surface area contributed by atoms with Crippen LogP contribution in [0.25, 0.3) is 11.1 Å². The first kappa shape index (κ1) is 16.0. The fraction of sp³-hybridized carbons (Fsp3) is 0.278. The summed E-state index contributed by atoms with van der Waals surface area (Å²) < 4.78 is 10.3. The molecule has 6 nitrogen and oxygen atoms in total. The van der Waals surface area contributed by atoms with E-state index >= 15 is 0 Å². The Labute approximate surface area is 139 Å². The molecule has 0 N–H and O–H groups in total. The maximum atomic E-state index is 12.1. The van der Waals surface area contributed by atoms with E-state index in [0.717, 1.165) is 24.8 Å². The van der Waals surface area contributed by atoms with Crippen molar-refractivity contribution in [1.82, 2.24) is 0 Å². The maximum Gasteiger partial charge on any atom is 0.338 e. The number of hydrogen-bond acceptors (Lipinski definition) is 5. The monoisotopic (exact) mass is 327 g/mol. The summed E-state index contributed by atoms with van der Waals surface area (Å²) in [4.78, 5) is 23.1. The molecule has 0 saturated heterocycles. The molecule has 0 aromatic heterocycles. The zero-order chi connectivity index (χ0) is 17.3. The highest BCUT2D eigenvalue weighted by atomic mass is 16.6. The summed E-state index contributed by atoms with van der Waals surface area (Å²) in [5, 5.41) is 11.5. The second-order valence-corrected chi connectivity index (χ2v) is 5.62. The minimum atomic E-state index is -0.615. The van der Waals surface area contributed by atoms with E-state index in [1.165, 1.54) is 38.0 Å². The number of rotatable bonds is 4. The molecule has 0 atom stereocenters. The molecule has 0 saturated carbocycles. The molecule has 24 heavy (non-hydrogen) atoms. The number of esters is 1. The van der Waals surface area contributed by atoms with Gasteiger partial charge in [-0.1, -0.05) is 6.07 Å². The van der Waals surface area contributed by atoms with Gasteiger partial charge >= 0.3 is 5.97 Å². The zero-order valence-electron chi connectivity index (χ0n) is 13.5. The molecule has 0 fully saturated rings. The summed E-state index contributed by atoms with van der Waals surface area (Å²) in [5.41, 5.74) is 3.12. The number of nitrogens with zero attached hydrogens (tertiary/aromatic N) is 1. The molecule has 0 radical (unpaired) electrons. The molecule has 0 bridgehead atoms. The van der Waals surface area contributed by atoms with Crippen molar-refractivity contribution in [1.29, 1.82) is 0 Å². The Morgan fingerprint density at radius 3 is 2.50 bits per heavy atom. The van der Waals surface area contributed by atoms with E-state index in [-0.39, 0.29) is 16.8 Å². The van der Waals surface area contributed by atoms with Crippen molar-refractivity contribution in [3.8, 4) is 16.9 Å². The van der Waals surface area contributed by atoms with Gasteiger partial charge in [-0.2, -0.15) is 0 Å². The third kappa shape index (κ3) is 2.60. The lowest BCUT2D eigenvalue weighted by atomic mass is 9.94. The van der Waals surface area contributed by atoms with Crippen LogP contribution in [0.2, 0.25) is 0 Å². The molecule has 2 aromatic carbocycles. The van der Waals surface area contributed by atoms with Crippen molar-refractivity contribution >= 4 is 11.7 Å². The Morgan fingerprint density at radius 1 is 1.17 bits per heavy atom. The number of fused-ring (bicyclic) bond motifs is 1. The number of carbonyl (C=O) groups is 1. The van der Waals surface area contributed by atoms with Crippen molar-refractivity contribution in [2.75, 3.05) is 14.2 Å². The van der Waals surface area contributed by atoms with Gasteiger partial charge in [0.2, 0.25) is 0 Å². The molecule has 0 heterocycles. The Hall–Kier alpha value is -2.89. The van der Waals surface area contributed by atoms with Crippen LogP contribution in [-0.2, 0) is 17.6 Å². The summed E-state index contributed by atoms with van der Waals surface area (Å²) in [6.07, 6.45) is 2.93. The van der Waals surface area contributed by atoms with Crippen LogP contribution in [0, 0.1) is 10.1 Å². The SMILES string of the molecule is COC(=O)c1cccc([N+](=O)[O-])c1-c1cc2c(cc1OC)CCC2. The van der Waals surface area contributed by atoms with E-state index in [0.29, 0.717) is 11.3 Å². The van der Waals surface area contributed by atoms with Crippen molar-refractivity contribution < 1.29 is 19.2 Å². The zero-order valence-corrected chi connectivity index (χ0v) is 13.5. The summed E-state index contributed by atoms with van der Waals surface area (Å²) in [7, 11) is 2.78. The smallest absolute Gasteiger partial charge is 0.338 e. The van der Waals surface area contributed by atoms with Gasteiger partial charge in [-0.25, -0.2) is 4.79 Å². The van der Waals surface area contributed by atoms with Gasteiger partial charge in [0.05, 0.1) is 30.3 Å². The Balaban J connectivity index is 2.33. The highest BCUT2D eigenvalue weighted by Gasteiger charge is 2.27. The third-order valence-electron chi connectivity index (χ3n) is 4.33. The van der Waals surface area contributed by atoms with Gasteiger partial charge < -0.3 is 9.47 Å². The molecule has 0 spiro atoms. The van der Waals surface area contributed by atoms with Crippen molar-refractivity contribution in [3.05, 3.63) is 57.1 Å². The van der Waals surface area contributed by atoms with Gasteiger partial charge in [0, 0.05) is 11.6 Å². The number of ether oxygens (including phenoxy) is 2. The number of benzene rings is 2. The largest absolute Gasteiger partial charge is 0.496 e. The molecule has 1 aliphatic carbocycles. The van der Waals surface area contributed by atoms with Gasteiger partial charge in [-0.3, -0.25) is 10.1 Å².